The summed E-state index contributed by atoms with van der Waals surface area (Å²) in [4.78, 5) is 0. The first kappa shape index (κ1) is 13.4. The van der Waals surface area contributed by atoms with Crippen LogP contribution in [0.15, 0.2) is 12.7 Å². The van der Waals surface area contributed by atoms with Crippen molar-refractivity contribution in [1.82, 2.24) is 10.6 Å². The third-order valence-electron chi connectivity index (χ3n) is 4.07. The molecule has 3 heteroatoms. The molecule has 3 atom stereocenters. The second kappa shape index (κ2) is 7.45. The lowest BCUT2D eigenvalue weighted by molar-refractivity contribution is 0.325. The normalized spacial score (nSPS) is 33.1. The molecule has 2 aliphatic rings. The van der Waals surface area contributed by atoms with Gasteiger partial charge in [-0.15, -0.1) is 6.58 Å². The Hall–Kier alpha value is 0.01000. The summed E-state index contributed by atoms with van der Waals surface area (Å²) in [6, 6.07) is 1.57. The van der Waals surface area contributed by atoms with Crippen LogP contribution in [0.1, 0.15) is 32.1 Å². The predicted molar refractivity (Wildman–Crippen MR) is 77.7 cm³/mol. The van der Waals surface area contributed by atoms with Crippen LogP contribution in [0.25, 0.3) is 0 Å². The smallest absolute Gasteiger partial charge is 0.0111 e. The van der Waals surface area contributed by atoms with Gasteiger partial charge in [0.2, 0.25) is 0 Å². The van der Waals surface area contributed by atoms with E-state index >= 15 is 0 Å². The SMILES string of the molecule is C=CCSCCNC1CCCC1C1CCCN1. The molecule has 0 spiro atoms. The van der Waals surface area contributed by atoms with Crippen molar-refractivity contribution in [3.05, 3.63) is 12.7 Å². The maximum absolute atomic E-state index is 3.77. The van der Waals surface area contributed by atoms with Gasteiger partial charge in [0.25, 0.3) is 0 Å². The van der Waals surface area contributed by atoms with Crippen molar-refractivity contribution >= 4 is 11.8 Å². The largest absolute Gasteiger partial charge is 0.314 e. The Kier molecular flexibility index (Phi) is 5.89. The fourth-order valence-corrected chi connectivity index (χ4v) is 3.88. The molecule has 98 valence electrons. The summed E-state index contributed by atoms with van der Waals surface area (Å²) in [6.45, 7) is 6.15. The standard InChI is InChI=1S/C14H26N2S/c1-2-10-17-11-9-16-13-6-3-5-12(13)14-7-4-8-15-14/h2,12-16H,1,3-11H2. The zero-order valence-electron chi connectivity index (χ0n) is 10.8. The minimum absolute atomic E-state index is 0.773. The summed E-state index contributed by atoms with van der Waals surface area (Å²) in [5.41, 5.74) is 0. The van der Waals surface area contributed by atoms with Crippen molar-refractivity contribution in [2.45, 2.75) is 44.2 Å². The molecule has 0 aromatic heterocycles. The monoisotopic (exact) mass is 254 g/mol. The molecule has 2 rings (SSSR count). The van der Waals surface area contributed by atoms with E-state index < -0.39 is 0 Å². The van der Waals surface area contributed by atoms with E-state index in [0.29, 0.717) is 0 Å². The summed E-state index contributed by atoms with van der Waals surface area (Å²) in [5, 5.41) is 7.45. The highest BCUT2D eigenvalue weighted by molar-refractivity contribution is 7.99. The quantitative estimate of drug-likeness (QED) is 0.539. The molecular formula is C14H26N2S. The van der Waals surface area contributed by atoms with E-state index in [2.05, 4.69) is 17.2 Å². The van der Waals surface area contributed by atoms with Crippen LogP contribution >= 0.6 is 11.8 Å². The van der Waals surface area contributed by atoms with Crippen molar-refractivity contribution in [2.75, 3.05) is 24.6 Å². The first-order valence-electron chi connectivity index (χ1n) is 7.07. The number of rotatable bonds is 7. The predicted octanol–water partition coefficient (Wildman–Crippen LogP) is 2.42. The van der Waals surface area contributed by atoms with Gasteiger partial charge in [-0.1, -0.05) is 12.5 Å². The highest BCUT2D eigenvalue weighted by atomic mass is 32.2. The number of hydrogen-bond donors (Lipinski definition) is 2. The van der Waals surface area contributed by atoms with E-state index in [1.807, 2.05) is 17.8 Å². The molecule has 0 aromatic carbocycles. The lowest BCUT2D eigenvalue weighted by atomic mass is 9.93. The zero-order chi connectivity index (χ0) is 11.9. The summed E-state index contributed by atoms with van der Waals surface area (Å²) in [7, 11) is 0. The van der Waals surface area contributed by atoms with Gasteiger partial charge in [-0.25, -0.2) is 0 Å². The lowest BCUT2D eigenvalue weighted by Crippen LogP contribution is -2.42. The second-order valence-electron chi connectivity index (χ2n) is 5.22. The summed E-state index contributed by atoms with van der Waals surface area (Å²) >= 11 is 1.97. The molecule has 0 amide bonds. The van der Waals surface area contributed by atoms with Gasteiger partial charge in [-0.05, 0) is 38.1 Å². The van der Waals surface area contributed by atoms with Gasteiger partial charge in [-0.2, -0.15) is 11.8 Å². The van der Waals surface area contributed by atoms with Crippen molar-refractivity contribution < 1.29 is 0 Å². The van der Waals surface area contributed by atoms with Crippen molar-refractivity contribution in [1.29, 1.82) is 0 Å². The average molecular weight is 254 g/mol. The van der Waals surface area contributed by atoms with Crippen LogP contribution in [-0.2, 0) is 0 Å². The van der Waals surface area contributed by atoms with Crippen molar-refractivity contribution in [2.24, 2.45) is 5.92 Å². The molecular weight excluding hydrogens is 228 g/mol. The third-order valence-corrected chi connectivity index (χ3v) is 5.04. The molecule has 17 heavy (non-hydrogen) atoms. The van der Waals surface area contributed by atoms with Gasteiger partial charge in [0, 0.05) is 30.1 Å². The van der Waals surface area contributed by atoms with Crippen molar-refractivity contribution in [3.8, 4) is 0 Å². The minimum atomic E-state index is 0.773. The Morgan fingerprint density at radius 1 is 1.29 bits per heavy atom. The molecule has 3 unspecified atom stereocenters. The summed E-state index contributed by atoms with van der Waals surface area (Å²) in [6.07, 6.45) is 8.99. The van der Waals surface area contributed by atoms with Crippen LogP contribution in [0.2, 0.25) is 0 Å². The highest BCUT2D eigenvalue weighted by Gasteiger charge is 2.34. The molecule has 0 aromatic rings. The molecule has 2 N–H and O–H groups in total. The Balaban J connectivity index is 1.66. The second-order valence-corrected chi connectivity index (χ2v) is 6.37. The van der Waals surface area contributed by atoms with Gasteiger partial charge in [0.1, 0.15) is 0 Å². The Morgan fingerprint density at radius 3 is 3.00 bits per heavy atom. The number of nitrogens with one attached hydrogen (secondary N) is 2. The van der Waals surface area contributed by atoms with Crippen LogP contribution in [0, 0.1) is 5.92 Å². The van der Waals surface area contributed by atoms with E-state index in [9.17, 15) is 0 Å². The van der Waals surface area contributed by atoms with Gasteiger partial charge in [0.05, 0.1) is 0 Å². The molecule has 2 nitrogen and oxygen atoms in total. The molecule has 1 aliphatic heterocycles. The van der Waals surface area contributed by atoms with E-state index in [0.717, 1.165) is 30.3 Å². The van der Waals surface area contributed by atoms with Crippen LogP contribution in [-0.4, -0.2) is 36.7 Å². The van der Waals surface area contributed by atoms with E-state index in [4.69, 9.17) is 0 Å². The lowest BCUT2D eigenvalue weighted by Gasteiger charge is -2.26. The first-order valence-corrected chi connectivity index (χ1v) is 8.22. The zero-order valence-corrected chi connectivity index (χ0v) is 11.6. The molecule has 0 radical (unpaired) electrons. The minimum Gasteiger partial charge on any atom is -0.314 e. The topological polar surface area (TPSA) is 24.1 Å². The molecule has 2 fully saturated rings. The molecule has 0 bridgehead atoms. The highest BCUT2D eigenvalue weighted by Crippen LogP contribution is 2.31. The Bertz CT molecular complexity index is 226. The van der Waals surface area contributed by atoms with Crippen LogP contribution in [0.4, 0.5) is 0 Å². The average Bonchev–Trinajstić information content (AvgIpc) is 2.98. The Morgan fingerprint density at radius 2 is 2.24 bits per heavy atom. The van der Waals surface area contributed by atoms with Crippen LogP contribution in [0.3, 0.4) is 0 Å². The first-order chi connectivity index (χ1) is 8.42. The van der Waals surface area contributed by atoms with E-state index in [1.165, 1.54) is 44.4 Å². The van der Waals surface area contributed by atoms with Gasteiger partial charge >= 0.3 is 0 Å². The summed E-state index contributed by atoms with van der Waals surface area (Å²) < 4.78 is 0. The molecule has 1 aliphatic carbocycles. The Labute approximate surface area is 110 Å². The number of thioether (sulfide) groups is 1. The van der Waals surface area contributed by atoms with Gasteiger partial charge in [-0.3, -0.25) is 0 Å². The fourth-order valence-electron chi connectivity index (χ4n) is 3.28. The van der Waals surface area contributed by atoms with Gasteiger partial charge < -0.3 is 10.6 Å². The number of hydrogen-bond acceptors (Lipinski definition) is 3. The van der Waals surface area contributed by atoms with E-state index in [-0.39, 0.29) is 0 Å². The third kappa shape index (κ3) is 4.01. The maximum atomic E-state index is 3.77. The molecule has 1 saturated heterocycles. The van der Waals surface area contributed by atoms with Crippen molar-refractivity contribution in [3.63, 3.8) is 0 Å². The molecule has 1 saturated carbocycles. The molecule has 1 heterocycles. The van der Waals surface area contributed by atoms with Crippen LogP contribution in [0.5, 0.6) is 0 Å². The fraction of sp³-hybridized carbons (Fsp3) is 0.857. The summed E-state index contributed by atoms with van der Waals surface area (Å²) in [5.74, 6) is 3.19. The van der Waals surface area contributed by atoms with E-state index in [1.54, 1.807) is 0 Å². The maximum Gasteiger partial charge on any atom is 0.0111 e. The van der Waals surface area contributed by atoms with Crippen LogP contribution < -0.4 is 10.6 Å². The van der Waals surface area contributed by atoms with Gasteiger partial charge in [0.15, 0.2) is 0 Å².